The lowest BCUT2D eigenvalue weighted by Gasteiger charge is -2.27. The normalized spacial score (nSPS) is 20.0. The summed E-state index contributed by atoms with van der Waals surface area (Å²) in [5.41, 5.74) is 1.37. The molecule has 0 saturated carbocycles. The van der Waals surface area contributed by atoms with Crippen LogP contribution >= 0.6 is 11.8 Å². The van der Waals surface area contributed by atoms with E-state index in [1.165, 1.54) is 24.6 Å². The molecule has 0 aliphatic carbocycles. The SMILES string of the molecule is C[C@@H]1CC(=O)Nc2ccccc2N1C(=O)CSc1nnc(CN2CCCC2)o1. The molecule has 4 rings (SSSR count). The quantitative estimate of drug-likeness (QED) is 0.770. The number of para-hydroxylation sites is 2. The lowest BCUT2D eigenvalue weighted by atomic mass is 10.2. The summed E-state index contributed by atoms with van der Waals surface area (Å²) in [6.45, 7) is 4.65. The number of carbonyl (C=O) groups excluding carboxylic acids is 2. The van der Waals surface area contributed by atoms with Crippen LogP contribution in [-0.4, -0.2) is 51.8 Å². The highest BCUT2D eigenvalue weighted by Crippen LogP contribution is 2.32. The number of anilines is 2. The maximum Gasteiger partial charge on any atom is 0.277 e. The molecule has 0 radical (unpaired) electrons. The lowest BCUT2D eigenvalue weighted by Crippen LogP contribution is -2.40. The zero-order chi connectivity index (χ0) is 19.5. The molecule has 1 aromatic carbocycles. The predicted octanol–water partition coefficient (Wildman–Crippen LogP) is 2.52. The van der Waals surface area contributed by atoms with Gasteiger partial charge in [-0.3, -0.25) is 14.5 Å². The molecule has 3 heterocycles. The summed E-state index contributed by atoms with van der Waals surface area (Å²) in [6, 6.07) is 7.12. The third kappa shape index (κ3) is 4.20. The maximum atomic E-state index is 13.0. The number of aromatic nitrogens is 2. The molecule has 0 unspecified atom stereocenters. The fourth-order valence-electron chi connectivity index (χ4n) is 3.65. The number of hydrogen-bond acceptors (Lipinski definition) is 7. The van der Waals surface area contributed by atoms with Crippen LogP contribution in [0.25, 0.3) is 0 Å². The molecule has 1 atom stereocenters. The summed E-state index contributed by atoms with van der Waals surface area (Å²) >= 11 is 1.23. The number of nitrogens with one attached hydrogen (secondary N) is 1. The average molecular weight is 401 g/mol. The van der Waals surface area contributed by atoms with E-state index in [0.29, 0.717) is 29.0 Å². The van der Waals surface area contributed by atoms with Gasteiger partial charge in [-0.2, -0.15) is 0 Å². The van der Waals surface area contributed by atoms with Crippen LogP contribution < -0.4 is 10.2 Å². The van der Waals surface area contributed by atoms with Crippen molar-refractivity contribution in [3.63, 3.8) is 0 Å². The van der Waals surface area contributed by atoms with Gasteiger partial charge in [0.25, 0.3) is 5.22 Å². The molecular formula is C19H23N5O3S. The Balaban J connectivity index is 1.42. The van der Waals surface area contributed by atoms with Crippen molar-refractivity contribution in [2.75, 3.05) is 29.1 Å². The van der Waals surface area contributed by atoms with E-state index in [0.717, 1.165) is 13.1 Å². The minimum Gasteiger partial charge on any atom is -0.415 e. The number of likely N-dealkylation sites (tertiary alicyclic amines) is 1. The van der Waals surface area contributed by atoms with E-state index in [2.05, 4.69) is 20.4 Å². The first-order chi connectivity index (χ1) is 13.6. The topological polar surface area (TPSA) is 91.6 Å². The molecule has 9 heteroatoms. The highest BCUT2D eigenvalue weighted by molar-refractivity contribution is 7.99. The Kier molecular flexibility index (Phi) is 5.63. The number of benzene rings is 1. The van der Waals surface area contributed by atoms with Crippen molar-refractivity contribution in [2.45, 2.75) is 44.0 Å². The standard InChI is InChI=1S/C19H23N5O3S/c1-13-10-16(25)20-14-6-2-3-7-15(14)24(13)18(26)12-28-19-22-21-17(27-19)11-23-8-4-5-9-23/h2-3,6-7,13H,4-5,8-12H2,1H3,(H,20,25)/t13-/m1/s1. The van der Waals surface area contributed by atoms with Gasteiger partial charge in [0, 0.05) is 12.5 Å². The molecule has 148 valence electrons. The predicted molar refractivity (Wildman–Crippen MR) is 106 cm³/mol. The zero-order valence-electron chi connectivity index (χ0n) is 15.8. The number of hydrogen-bond donors (Lipinski definition) is 1. The number of rotatable bonds is 5. The van der Waals surface area contributed by atoms with Crippen LogP contribution in [0.2, 0.25) is 0 Å². The Morgan fingerprint density at radius 2 is 2.07 bits per heavy atom. The van der Waals surface area contributed by atoms with Crippen molar-refractivity contribution in [1.82, 2.24) is 15.1 Å². The van der Waals surface area contributed by atoms with Gasteiger partial charge >= 0.3 is 0 Å². The van der Waals surface area contributed by atoms with Gasteiger partial charge in [-0.1, -0.05) is 23.9 Å². The number of carbonyl (C=O) groups is 2. The molecule has 1 N–H and O–H groups in total. The third-order valence-electron chi connectivity index (χ3n) is 4.95. The van der Waals surface area contributed by atoms with Crippen molar-refractivity contribution >= 4 is 35.0 Å². The van der Waals surface area contributed by atoms with Crippen molar-refractivity contribution < 1.29 is 14.0 Å². The molecule has 2 amide bonds. The van der Waals surface area contributed by atoms with Crippen molar-refractivity contribution in [2.24, 2.45) is 0 Å². The van der Waals surface area contributed by atoms with E-state index in [9.17, 15) is 9.59 Å². The Labute approximate surface area is 167 Å². The fraction of sp³-hybridized carbons (Fsp3) is 0.474. The Morgan fingerprint density at radius 1 is 1.29 bits per heavy atom. The first-order valence-electron chi connectivity index (χ1n) is 9.48. The van der Waals surface area contributed by atoms with Crippen molar-refractivity contribution in [3.8, 4) is 0 Å². The number of nitrogens with zero attached hydrogens (tertiary/aromatic N) is 4. The largest absolute Gasteiger partial charge is 0.415 e. The monoisotopic (exact) mass is 401 g/mol. The molecule has 0 bridgehead atoms. The van der Waals surface area contributed by atoms with E-state index in [1.54, 1.807) is 11.0 Å². The summed E-state index contributed by atoms with van der Waals surface area (Å²) in [5, 5.41) is 11.4. The van der Waals surface area contributed by atoms with Gasteiger partial charge in [0.15, 0.2) is 0 Å². The molecule has 1 aromatic heterocycles. The van der Waals surface area contributed by atoms with E-state index >= 15 is 0 Å². The van der Waals surface area contributed by atoms with Gasteiger partial charge in [0.1, 0.15) is 0 Å². The number of thioether (sulfide) groups is 1. The summed E-state index contributed by atoms with van der Waals surface area (Å²) in [6.07, 6.45) is 2.67. The van der Waals surface area contributed by atoms with Gasteiger partial charge in [0.05, 0.1) is 23.7 Å². The molecule has 1 fully saturated rings. The lowest BCUT2D eigenvalue weighted by molar-refractivity contribution is -0.117. The van der Waals surface area contributed by atoms with Crippen LogP contribution in [0.1, 0.15) is 32.1 Å². The Hall–Kier alpha value is -2.39. The van der Waals surface area contributed by atoms with E-state index in [4.69, 9.17) is 4.42 Å². The molecule has 1 saturated heterocycles. The molecule has 28 heavy (non-hydrogen) atoms. The first-order valence-corrected chi connectivity index (χ1v) is 10.5. The van der Waals surface area contributed by atoms with Gasteiger partial charge in [-0.15, -0.1) is 10.2 Å². The van der Waals surface area contributed by atoms with E-state index < -0.39 is 0 Å². The second-order valence-electron chi connectivity index (χ2n) is 7.12. The molecule has 2 aliphatic heterocycles. The Morgan fingerprint density at radius 3 is 2.89 bits per heavy atom. The fourth-order valence-corrected chi connectivity index (χ4v) is 4.29. The summed E-state index contributed by atoms with van der Waals surface area (Å²) in [5.74, 6) is 0.560. The minimum absolute atomic E-state index is 0.0913. The molecule has 0 spiro atoms. The average Bonchev–Trinajstić information content (AvgIpc) is 3.31. The number of fused-ring (bicyclic) bond motifs is 1. The van der Waals surface area contributed by atoms with E-state index in [-0.39, 0.29) is 30.0 Å². The summed E-state index contributed by atoms with van der Waals surface area (Å²) < 4.78 is 5.68. The minimum atomic E-state index is -0.231. The van der Waals surface area contributed by atoms with Gasteiger partial charge in [-0.25, -0.2) is 0 Å². The van der Waals surface area contributed by atoms with Crippen LogP contribution in [0.4, 0.5) is 11.4 Å². The molecule has 2 aromatic rings. The second kappa shape index (κ2) is 8.32. The number of amides is 2. The zero-order valence-corrected chi connectivity index (χ0v) is 16.6. The van der Waals surface area contributed by atoms with Crippen LogP contribution in [0, 0.1) is 0 Å². The molecule has 8 nitrogen and oxygen atoms in total. The highest BCUT2D eigenvalue weighted by Gasteiger charge is 2.29. The van der Waals surface area contributed by atoms with Crippen molar-refractivity contribution in [1.29, 1.82) is 0 Å². The van der Waals surface area contributed by atoms with Crippen molar-refractivity contribution in [3.05, 3.63) is 30.2 Å². The van der Waals surface area contributed by atoms with E-state index in [1.807, 2.05) is 25.1 Å². The molecular weight excluding hydrogens is 378 g/mol. The van der Waals surface area contributed by atoms with Gasteiger partial charge in [0.2, 0.25) is 17.7 Å². The molecule has 2 aliphatic rings. The van der Waals surface area contributed by atoms with Crippen LogP contribution in [0.3, 0.4) is 0 Å². The smallest absolute Gasteiger partial charge is 0.277 e. The summed E-state index contributed by atoms with van der Waals surface area (Å²) in [7, 11) is 0. The van der Waals surface area contributed by atoms with Gasteiger partial charge in [-0.05, 0) is 45.0 Å². The highest BCUT2D eigenvalue weighted by atomic mass is 32.2. The van der Waals surface area contributed by atoms with Crippen LogP contribution in [-0.2, 0) is 16.1 Å². The third-order valence-corrected chi connectivity index (χ3v) is 5.76. The van der Waals surface area contributed by atoms with Gasteiger partial charge < -0.3 is 14.6 Å². The first kappa shape index (κ1) is 18.9. The van der Waals surface area contributed by atoms with Crippen LogP contribution in [0.15, 0.2) is 33.9 Å². The summed E-state index contributed by atoms with van der Waals surface area (Å²) in [4.78, 5) is 29.0. The maximum absolute atomic E-state index is 13.0. The second-order valence-corrected chi connectivity index (χ2v) is 8.04. The Bertz CT molecular complexity index is 865. The van der Waals surface area contributed by atoms with Crippen LogP contribution in [0.5, 0.6) is 0 Å².